The zero-order valence-electron chi connectivity index (χ0n) is 47.0. The second-order valence-corrected chi connectivity index (χ2v) is 22.0. The molecule has 0 aliphatic heterocycles. The fourth-order valence-corrected chi connectivity index (χ4v) is 8.41. The summed E-state index contributed by atoms with van der Waals surface area (Å²) >= 11 is 4.32. The number of rotatable bonds is 34. The van der Waals surface area contributed by atoms with Crippen LogP contribution in [-0.4, -0.2) is 154 Å². The lowest BCUT2D eigenvalue weighted by Gasteiger charge is -2.30. The first-order chi connectivity index (χ1) is 37.1. The van der Waals surface area contributed by atoms with Crippen LogP contribution < -0.4 is 53.6 Å². The summed E-state index contributed by atoms with van der Waals surface area (Å²) in [7, 11) is 0. The SMILES string of the molecule is CC(C)C[C@H](NC(=O)[C@H](CC(C)C)NC(=O)[C@H](Cc1ccccc1)NC(=O)[C@@H](NC(=O)[C@H](CC(C)C)NC(=O)[C@@H](N)CO)C(C)C)C(=O)N[C@@H](CS)C(=O)N[C@@H](Cc1ccccc1)C(=O)N[C@@H](CO)C(=O)N[C@H](C(=O)O)C(C)C. The molecule has 2 aromatic carbocycles. The third-order valence-corrected chi connectivity index (χ3v) is 12.9. The van der Waals surface area contributed by atoms with E-state index in [1.807, 2.05) is 27.7 Å². The van der Waals surface area contributed by atoms with Gasteiger partial charge in [0.05, 0.1) is 13.2 Å². The van der Waals surface area contributed by atoms with Crippen molar-refractivity contribution in [3.8, 4) is 0 Å². The highest BCUT2D eigenvalue weighted by Gasteiger charge is 2.37. The maximum atomic E-state index is 14.5. The summed E-state index contributed by atoms with van der Waals surface area (Å²) in [6.07, 6.45) is 0.167. The highest BCUT2D eigenvalue weighted by atomic mass is 32.1. The van der Waals surface area contributed by atoms with Crippen molar-refractivity contribution >= 4 is 71.8 Å². The van der Waals surface area contributed by atoms with Gasteiger partial charge in [0.25, 0.3) is 0 Å². The van der Waals surface area contributed by atoms with E-state index in [-0.39, 0.29) is 55.6 Å². The van der Waals surface area contributed by atoms with Gasteiger partial charge >= 0.3 is 5.97 Å². The Labute approximate surface area is 469 Å². The van der Waals surface area contributed by atoms with E-state index >= 15 is 0 Å². The van der Waals surface area contributed by atoms with Crippen LogP contribution >= 0.6 is 12.6 Å². The van der Waals surface area contributed by atoms with Crippen LogP contribution in [0.5, 0.6) is 0 Å². The highest BCUT2D eigenvalue weighted by molar-refractivity contribution is 7.80. The third-order valence-electron chi connectivity index (χ3n) is 12.5. The van der Waals surface area contributed by atoms with Gasteiger partial charge in [-0.3, -0.25) is 43.2 Å². The van der Waals surface area contributed by atoms with Gasteiger partial charge < -0.3 is 68.9 Å². The van der Waals surface area contributed by atoms with E-state index in [1.165, 1.54) is 0 Å². The predicted molar refractivity (Wildman–Crippen MR) is 299 cm³/mol. The lowest BCUT2D eigenvalue weighted by molar-refractivity contribution is -0.144. The summed E-state index contributed by atoms with van der Waals surface area (Å²) in [5, 5.41) is 52.5. The predicted octanol–water partition coefficient (Wildman–Crippen LogP) is -0.388. The number of nitrogens with two attached hydrogens (primary N) is 1. The van der Waals surface area contributed by atoms with E-state index < -0.39 is 145 Å². The van der Waals surface area contributed by atoms with Crippen LogP contribution in [0.4, 0.5) is 0 Å². The van der Waals surface area contributed by atoms with Crippen molar-refractivity contribution in [2.45, 2.75) is 162 Å². The van der Waals surface area contributed by atoms with Gasteiger partial charge in [0.1, 0.15) is 60.4 Å². The molecule has 2 rings (SSSR count). The van der Waals surface area contributed by atoms with Gasteiger partial charge in [-0.2, -0.15) is 12.6 Å². The first-order valence-corrected chi connectivity index (χ1v) is 27.4. The average molecular weight is 1130 g/mol. The molecule has 0 spiro atoms. The second-order valence-electron chi connectivity index (χ2n) is 21.6. The van der Waals surface area contributed by atoms with E-state index in [0.717, 1.165) is 0 Å². The minimum atomic E-state index is -1.60. The molecule has 0 radical (unpaired) electrons. The Hall–Kier alpha value is -6.63. The summed E-state index contributed by atoms with van der Waals surface area (Å²) in [5.41, 5.74) is 6.93. The minimum Gasteiger partial charge on any atom is -0.480 e. The normalized spacial score (nSPS) is 15.2. The van der Waals surface area contributed by atoms with Crippen molar-refractivity contribution in [2.24, 2.45) is 35.3 Å². The van der Waals surface area contributed by atoms with Crippen LogP contribution in [0.1, 0.15) is 99.6 Å². The summed E-state index contributed by atoms with van der Waals surface area (Å²) in [6, 6.07) is 4.10. The molecule has 0 heterocycles. The standard InChI is InChI=1S/C55H86N10O13S/c1-29(2)21-37(59-49(71)41(25-35-19-15-12-16-20-35)61-54(76)44(32(7)8)64-51(73)39(23-31(5)6)57-46(68)36(56)26-66)47(69)58-38(22-30(3)4)48(70)63-43(28-79)53(75)60-40(24-34-17-13-11-14-18-34)50(72)62-42(27-67)52(74)65-45(33(9)10)55(77)78/h11-20,29-33,36-45,66-67,79H,21-28,56H2,1-10H3,(H,57,68)(H,58,69)(H,59,71)(H,60,75)(H,61,76)(H,62,72)(H,63,70)(H,64,73)(H,65,74)(H,77,78)/t36-,37-,38-,39-,40-,41-,42-,43-,44-,45-/m0/s1. The quantitative estimate of drug-likeness (QED) is 0.0397. The van der Waals surface area contributed by atoms with Crippen molar-refractivity contribution in [3.63, 3.8) is 0 Å². The third kappa shape index (κ3) is 24.1. The van der Waals surface area contributed by atoms with Crippen LogP contribution in [0.15, 0.2) is 60.7 Å². The Morgan fingerprint density at radius 2 is 0.709 bits per heavy atom. The first kappa shape index (κ1) is 68.5. The number of aliphatic hydroxyl groups excluding tert-OH is 2. The Kier molecular flexibility index (Phi) is 29.8. The molecule has 0 bridgehead atoms. The van der Waals surface area contributed by atoms with Crippen molar-refractivity contribution in [1.29, 1.82) is 0 Å². The molecule has 24 heteroatoms. The Balaban J connectivity index is 2.42. The largest absolute Gasteiger partial charge is 0.480 e. The first-order valence-electron chi connectivity index (χ1n) is 26.7. The summed E-state index contributed by atoms with van der Waals surface area (Å²) in [6.45, 7) is 15.8. The molecule has 0 saturated heterocycles. The van der Waals surface area contributed by atoms with Gasteiger partial charge in [0, 0.05) is 18.6 Å². The van der Waals surface area contributed by atoms with Crippen LogP contribution in [0.25, 0.3) is 0 Å². The van der Waals surface area contributed by atoms with Gasteiger partial charge in [0.15, 0.2) is 0 Å². The molecule has 23 nitrogen and oxygen atoms in total. The second kappa shape index (κ2) is 34.4. The van der Waals surface area contributed by atoms with E-state index in [0.29, 0.717) is 11.1 Å². The highest BCUT2D eigenvalue weighted by Crippen LogP contribution is 2.14. The van der Waals surface area contributed by atoms with Crippen LogP contribution in [0.2, 0.25) is 0 Å². The molecule has 0 aromatic heterocycles. The topological polar surface area (TPSA) is 366 Å². The Bertz CT molecular complexity index is 2330. The maximum Gasteiger partial charge on any atom is 0.326 e. The minimum absolute atomic E-state index is 0.0411. The zero-order chi connectivity index (χ0) is 59.7. The van der Waals surface area contributed by atoms with Gasteiger partial charge in [-0.15, -0.1) is 0 Å². The smallest absolute Gasteiger partial charge is 0.326 e. The molecule has 0 aliphatic rings. The maximum absolute atomic E-state index is 14.5. The molecule has 0 aliphatic carbocycles. The number of hydrogen-bond donors (Lipinski definition) is 14. The van der Waals surface area contributed by atoms with Crippen LogP contribution in [0.3, 0.4) is 0 Å². The molecule has 79 heavy (non-hydrogen) atoms. The summed E-state index contributed by atoms with van der Waals surface area (Å²) in [5.74, 6) is -10.4. The zero-order valence-corrected chi connectivity index (χ0v) is 47.9. The average Bonchev–Trinajstić information content (AvgIpc) is 3.39. The molecule has 440 valence electrons. The van der Waals surface area contributed by atoms with Gasteiger partial charge in [-0.25, -0.2) is 4.79 Å². The van der Waals surface area contributed by atoms with Gasteiger partial charge in [-0.05, 0) is 60.0 Å². The number of carbonyl (C=O) groups excluding carboxylic acids is 9. The number of carboxylic acids is 1. The Morgan fingerprint density at radius 3 is 1.06 bits per heavy atom. The molecule has 0 fully saturated rings. The molecule has 2 aromatic rings. The monoisotopic (exact) mass is 1130 g/mol. The fourth-order valence-electron chi connectivity index (χ4n) is 8.16. The lowest BCUT2D eigenvalue weighted by atomic mass is 9.98. The number of hydrogen-bond acceptors (Lipinski definition) is 14. The van der Waals surface area contributed by atoms with Gasteiger partial charge in [0.2, 0.25) is 53.2 Å². The van der Waals surface area contributed by atoms with Gasteiger partial charge in [-0.1, -0.05) is 130 Å². The summed E-state index contributed by atoms with van der Waals surface area (Å²) < 4.78 is 0. The number of carbonyl (C=O) groups is 10. The van der Waals surface area contributed by atoms with E-state index in [4.69, 9.17) is 5.73 Å². The van der Waals surface area contributed by atoms with Crippen molar-refractivity contribution < 1.29 is 63.3 Å². The van der Waals surface area contributed by atoms with Crippen LogP contribution in [-0.2, 0) is 60.8 Å². The molecule has 0 unspecified atom stereocenters. The lowest BCUT2D eigenvalue weighted by Crippen LogP contribution is -2.62. The van der Waals surface area contributed by atoms with E-state index in [1.54, 1.807) is 102 Å². The number of nitrogens with one attached hydrogen (secondary N) is 9. The van der Waals surface area contributed by atoms with Crippen molar-refractivity contribution in [1.82, 2.24) is 47.9 Å². The number of aliphatic carboxylic acids is 1. The number of thiol groups is 1. The fraction of sp³-hybridized carbons (Fsp3) is 0.600. The number of carboxylic acid groups (broad SMARTS) is 1. The van der Waals surface area contributed by atoms with Crippen LogP contribution in [0, 0.1) is 29.6 Å². The molecular weight excluding hydrogens is 1040 g/mol. The molecule has 9 amide bonds. The number of aliphatic hydroxyl groups is 2. The van der Waals surface area contributed by atoms with Crippen molar-refractivity contribution in [3.05, 3.63) is 71.8 Å². The molecule has 10 atom stereocenters. The molecule has 14 N–H and O–H groups in total. The van der Waals surface area contributed by atoms with Crippen molar-refractivity contribution in [2.75, 3.05) is 19.0 Å². The van der Waals surface area contributed by atoms with E-state index in [9.17, 15) is 63.3 Å². The summed E-state index contributed by atoms with van der Waals surface area (Å²) in [4.78, 5) is 136. The number of amides is 9. The van der Waals surface area contributed by atoms with E-state index in [2.05, 4.69) is 60.5 Å². The molecule has 0 saturated carbocycles. The Morgan fingerprint density at radius 1 is 0.405 bits per heavy atom. The molecular formula is C55H86N10O13S. The number of benzene rings is 2.